The molecule has 0 bridgehead atoms. The van der Waals surface area contributed by atoms with Crippen LogP contribution in [0.2, 0.25) is 0 Å². The highest BCUT2D eigenvalue weighted by molar-refractivity contribution is 5.56. The highest BCUT2D eigenvalue weighted by Gasteiger charge is 2.23. The molecular weight excluding hydrogens is 234 g/mol. The molecule has 0 aromatic heterocycles. The third kappa shape index (κ3) is 2.77. The van der Waals surface area contributed by atoms with Crippen LogP contribution in [0.4, 0.5) is 5.69 Å². The van der Waals surface area contributed by atoms with Crippen LogP contribution in [0.25, 0.3) is 0 Å². The van der Waals surface area contributed by atoms with E-state index in [0.717, 1.165) is 5.92 Å². The Hall–Kier alpha value is -1.06. The SMILES string of the molecule is Cc1cccc(N2CCN(CC3CNC3)CC2)c1C. The topological polar surface area (TPSA) is 18.5 Å². The molecule has 3 nitrogen and oxygen atoms in total. The van der Waals surface area contributed by atoms with Gasteiger partial charge in [-0.15, -0.1) is 0 Å². The zero-order valence-electron chi connectivity index (χ0n) is 12.2. The molecule has 3 rings (SSSR count). The first-order valence-corrected chi connectivity index (χ1v) is 7.48. The van der Waals surface area contributed by atoms with Crippen molar-refractivity contribution in [3.05, 3.63) is 29.3 Å². The highest BCUT2D eigenvalue weighted by atomic mass is 15.3. The second kappa shape index (κ2) is 5.51. The molecule has 3 heteroatoms. The van der Waals surface area contributed by atoms with Crippen molar-refractivity contribution in [3.8, 4) is 0 Å². The van der Waals surface area contributed by atoms with Gasteiger partial charge in [0.2, 0.25) is 0 Å². The summed E-state index contributed by atoms with van der Waals surface area (Å²) >= 11 is 0. The fourth-order valence-corrected chi connectivity index (χ4v) is 3.09. The minimum atomic E-state index is 0.896. The molecule has 2 heterocycles. The molecule has 0 radical (unpaired) electrons. The number of hydrogen-bond acceptors (Lipinski definition) is 3. The minimum absolute atomic E-state index is 0.896. The van der Waals surface area contributed by atoms with Gasteiger partial charge in [0.25, 0.3) is 0 Å². The van der Waals surface area contributed by atoms with Crippen molar-refractivity contribution in [2.45, 2.75) is 13.8 Å². The summed E-state index contributed by atoms with van der Waals surface area (Å²) < 4.78 is 0. The lowest BCUT2D eigenvalue weighted by atomic mass is 10.0. The molecule has 1 aromatic rings. The average Bonchev–Trinajstić information content (AvgIpc) is 2.38. The molecule has 0 atom stereocenters. The first kappa shape index (κ1) is 12.9. The van der Waals surface area contributed by atoms with Crippen LogP contribution in [0.15, 0.2) is 18.2 Å². The number of hydrogen-bond donors (Lipinski definition) is 1. The van der Waals surface area contributed by atoms with E-state index in [9.17, 15) is 0 Å². The van der Waals surface area contributed by atoms with Crippen molar-refractivity contribution in [3.63, 3.8) is 0 Å². The normalized spacial score (nSPS) is 21.5. The summed E-state index contributed by atoms with van der Waals surface area (Å²) in [6.07, 6.45) is 0. The van der Waals surface area contributed by atoms with Crippen molar-refractivity contribution < 1.29 is 0 Å². The Bertz CT molecular complexity index is 432. The van der Waals surface area contributed by atoms with Gasteiger partial charge >= 0.3 is 0 Å². The van der Waals surface area contributed by atoms with E-state index in [1.165, 1.54) is 62.6 Å². The van der Waals surface area contributed by atoms with Gasteiger partial charge in [-0.05, 0) is 37.0 Å². The van der Waals surface area contributed by atoms with Gasteiger partial charge in [-0.2, -0.15) is 0 Å². The van der Waals surface area contributed by atoms with Gasteiger partial charge in [-0.1, -0.05) is 12.1 Å². The van der Waals surface area contributed by atoms with E-state index in [1.807, 2.05) is 0 Å². The largest absolute Gasteiger partial charge is 0.369 e. The number of anilines is 1. The van der Waals surface area contributed by atoms with Crippen LogP contribution in [0.3, 0.4) is 0 Å². The standard InChI is InChI=1S/C16H25N3/c1-13-4-3-5-16(14(13)2)19-8-6-18(7-9-19)12-15-10-17-11-15/h3-5,15,17H,6-12H2,1-2H3. The first-order chi connectivity index (χ1) is 9.24. The third-order valence-electron chi connectivity index (χ3n) is 4.67. The molecule has 0 unspecified atom stereocenters. The summed E-state index contributed by atoms with van der Waals surface area (Å²) in [5.74, 6) is 0.896. The summed E-state index contributed by atoms with van der Waals surface area (Å²) in [4.78, 5) is 5.19. The quantitative estimate of drug-likeness (QED) is 0.890. The number of nitrogens with one attached hydrogen (secondary N) is 1. The molecule has 1 aromatic carbocycles. The maximum absolute atomic E-state index is 3.36. The van der Waals surface area contributed by atoms with Crippen molar-refractivity contribution in [2.24, 2.45) is 5.92 Å². The molecule has 0 saturated carbocycles. The van der Waals surface area contributed by atoms with Crippen LogP contribution < -0.4 is 10.2 Å². The average molecular weight is 259 g/mol. The molecule has 1 N–H and O–H groups in total. The van der Waals surface area contributed by atoms with Gasteiger partial charge in [0.05, 0.1) is 0 Å². The number of rotatable bonds is 3. The van der Waals surface area contributed by atoms with Crippen LogP contribution in [-0.4, -0.2) is 50.7 Å². The lowest BCUT2D eigenvalue weighted by molar-refractivity contribution is 0.184. The van der Waals surface area contributed by atoms with E-state index in [2.05, 4.69) is 47.2 Å². The molecule has 2 saturated heterocycles. The Morgan fingerprint density at radius 3 is 2.47 bits per heavy atom. The van der Waals surface area contributed by atoms with Crippen LogP contribution in [0.1, 0.15) is 11.1 Å². The van der Waals surface area contributed by atoms with E-state index in [-0.39, 0.29) is 0 Å². The van der Waals surface area contributed by atoms with E-state index < -0.39 is 0 Å². The number of piperazine rings is 1. The Labute approximate surface area is 116 Å². The second-order valence-electron chi connectivity index (χ2n) is 6.03. The van der Waals surface area contributed by atoms with Gasteiger partial charge in [0, 0.05) is 51.5 Å². The number of nitrogens with zero attached hydrogens (tertiary/aromatic N) is 2. The van der Waals surface area contributed by atoms with Crippen LogP contribution in [0, 0.1) is 19.8 Å². The third-order valence-corrected chi connectivity index (χ3v) is 4.67. The van der Waals surface area contributed by atoms with E-state index in [0.29, 0.717) is 0 Å². The number of benzene rings is 1. The molecule has 2 fully saturated rings. The molecule has 104 valence electrons. The zero-order valence-corrected chi connectivity index (χ0v) is 12.2. The molecule has 0 spiro atoms. The molecule has 2 aliphatic rings. The summed E-state index contributed by atoms with van der Waals surface area (Å²) in [5.41, 5.74) is 4.28. The number of aryl methyl sites for hydroxylation is 1. The Balaban J connectivity index is 1.58. The van der Waals surface area contributed by atoms with Crippen LogP contribution >= 0.6 is 0 Å². The van der Waals surface area contributed by atoms with Gasteiger partial charge in [0.1, 0.15) is 0 Å². The predicted octanol–water partition coefficient (Wildman–Crippen LogP) is 1.64. The fourth-order valence-electron chi connectivity index (χ4n) is 3.09. The summed E-state index contributed by atoms with van der Waals surface area (Å²) in [7, 11) is 0. The smallest absolute Gasteiger partial charge is 0.0399 e. The van der Waals surface area contributed by atoms with Gasteiger partial charge in [-0.25, -0.2) is 0 Å². The Morgan fingerprint density at radius 1 is 1.11 bits per heavy atom. The van der Waals surface area contributed by atoms with E-state index in [4.69, 9.17) is 0 Å². The molecule has 19 heavy (non-hydrogen) atoms. The second-order valence-corrected chi connectivity index (χ2v) is 6.03. The van der Waals surface area contributed by atoms with Gasteiger partial charge in [0.15, 0.2) is 0 Å². The summed E-state index contributed by atoms with van der Waals surface area (Å²) in [6, 6.07) is 6.66. The van der Waals surface area contributed by atoms with E-state index in [1.54, 1.807) is 0 Å². The maximum atomic E-state index is 3.36. The summed E-state index contributed by atoms with van der Waals surface area (Å²) in [5, 5.41) is 3.36. The Morgan fingerprint density at radius 2 is 1.84 bits per heavy atom. The van der Waals surface area contributed by atoms with Crippen molar-refractivity contribution >= 4 is 5.69 Å². The minimum Gasteiger partial charge on any atom is -0.369 e. The first-order valence-electron chi connectivity index (χ1n) is 7.48. The maximum Gasteiger partial charge on any atom is 0.0399 e. The predicted molar refractivity (Wildman–Crippen MR) is 80.9 cm³/mol. The monoisotopic (exact) mass is 259 g/mol. The van der Waals surface area contributed by atoms with Crippen molar-refractivity contribution in [1.82, 2.24) is 10.2 Å². The highest BCUT2D eigenvalue weighted by Crippen LogP contribution is 2.24. The Kier molecular flexibility index (Phi) is 3.76. The molecule has 2 aliphatic heterocycles. The lowest BCUT2D eigenvalue weighted by Gasteiger charge is -2.40. The lowest BCUT2D eigenvalue weighted by Crippen LogP contribution is -2.53. The summed E-state index contributed by atoms with van der Waals surface area (Å²) in [6.45, 7) is 12.9. The van der Waals surface area contributed by atoms with Crippen LogP contribution in [-0.2, 0) is 0 Å². The molecule has 0 aliphatic carbocycles. The van der Waals surface area contributed by atoms with Gasteiger partial charge in [-0.3, -0.25) is 4.90 Å². The molecular formula is C16H25N3. The van der Waals surface area contributed by atoms with Crippen LogP contribution in [0.5, 0.6) is 0 Å². The van der Waals surface area contributed by atoms with E-state index >= 15 is 0 Å². The molecule has 0 amide bonds. The van der Waals surface area contributed by atoms with Crippen molar-refractivity contribution in [1.29, 1.82) is 0 Å². The zero-order chi connectivity index (χ0) is 13.2. The van der Waals surface area contributed by atoms with Crippen molar-refractivity contribution in [2.75, 3.05) is 50.7 Å². The fraction of sp³-hybridized carbons (Fsp3) is 0.625. The van der Waals surface area contributed by atoms with Gasteiger partial charge < -0.3 is 10.2 Å².